The maximum atomic E-state index is 5.76. The Hall–Kier alpha value is -4.12. The van der Waals surface area contributed by atoms with Crippen molar-refractivity contribution < 1.29 is 4.74 Å². The molecule has 1 aliphatic carbocycles. The van der Waals surface area contributed by atoms with Gasteiger partial charge in [0.05, 0.1) is 40.1 Å². The molecule has 0 radical (unpaired) electrons. The molecule has 1 N–H and O–H groups in total. The molecule has 34 heavy (non-hydrogen) atoms. The third-order valence-corrected chi connectivity index (χ3v) is 5.54. The smallest absolute Gasteiger partial charge is 0.121 e. The molecule has 0 atom stereocenters. The minimum Gasteiger partial charge on any atom is -0.494 e. The summed E-state index contributed by atoms with van der Waals surface area (Å²) in [6.45, 7) is 6.79. The van der Waals surface area contributed by atoms with Crippen LogP contribution in [0.2, 0.25) is 0 Å². The van der Waals surface area contributed by atoms with E-state index in [2.05, 4.69) is 78.3 Å². The van der Waals surface area contributed by atoms with E-state index in [0.717, 1.165) is 50.6 Å². The number of nitrogens with zero attached hydrogens (tertiary/aromatic N) is 3. The number of para-hydroxylation sites is 2. The lowest BCUT2D eigenvalue weighted by Gasteiger charge is -2.21. The second-order valence-electron chi connectivity index (χ2n) is 8.44. The van der Waals surface area contributed by atoms with Gasteiger partial charge in [-0.2, -0.15) is 0 Å². The molecule has 1 heterocycles. The zero-order valence-corrected chi connectivity index (χ0v) is 19.7. The molecule has 3 aromatic carbocycles. The van der Waals surface area contributed by atoms with E-state index in [1.54, 1.807) is 0 Å². The number of benzene rings is 4. The molecule has 0 spiro atoms. The van der Waals surface area contributed by atoms with Gasteiger partial charge in [-0.3, -0.25) is 4.99 Å². The van der Waals surface area contributed by atoms with Crippen molar-refractivity contribution in [2.45, 2.75) is 26.8 Å². The van der Waals surface area contributed by atoms with Crippen LogP contribution in [0.4, 0.5) is 11.4 Å². The predicted octanol–water partition coefficient (Wildman–Crippen LogP) is 6.58. The number of ether oxygens (including phenoxy) is 1. The molecule has 0 fully saturated rings. The van der Waals surface area contributed by atoms with Gasteiger partial charge in [-0.25, -0.2) is 4.98 Å². The highest BCUT2D eigenvalue weighted by molar-refractivity contribution is 5.85. The van der Waals surface area contributed by atoms with E-state index in [0.29, 0.717) is 6.61 Å². The summed E-state index contributed by atoms with van der Waals surface area (Å²) >= 11 is 0. The van der Waals surface area contributed by atoms with Crippen molar-refractivity contribution in [1.29, 1.82) is 0 Å². The highest BCUT2D eigenvalue weighted by atomic mass is 16.5. The third-order valence-electron chi connectivity index (χ3n) is 5.54. The molecule has 5 rings (SSSR count). The van der Waals surface area contributed by atoms with Crippen molar-refractivity contribution in [2.75, 3.05) is 11.9 Å². The number of anilines is 2. The predicted molar refractivity (Wildman–Crippen MR) is 139 cm³/mol. The Morgan fingerprint density at radius 1 is 0.912 bits per heavy atom. The van der Waals surface area contributed by atoms with Crippen molar-refractivity contribution >= 4 is 22.4 Å². The lowest BCUT2D eigenvalue weighted by molar-refractivity contribution is 0.340. The first-order valence-electron chi connectivity index (χ1n) is 11.7. The van der Waals surface area contributed by atoms with E-state index < -0.39 is 0 Å². The fourth-order valence-electron chi connectivity index (χ4n) is 4.15. The molecule has 3 aromatic rings. The van der Waals surface area contributed by atoms with Crippen molar-refractivity contribution in [3.05, 3.63) is 96.4 Å². The van der Waals surface area contributed by atoms with Gasteiger partial charge in [-0.05, 0) is 69.3 Å². The average molecular weight is 449 g/mol. The van der Waals surface area contributed by atoms with Crippen LogP contribution in [0, 0.1) is 0 Å². The molecular weight excluding hydrogens is 420 g/mol. The van der Waals surface area contributed by atoms with Gasteiger partial charge in [0.2, 0.25) is 0 Å². The summed E-state index contributed by atoms with van der Waals surface area (Å²) in [4.78, 5) is 9.98. The second-order valence-corrected chi connectivity index (χ2v) is 8.44. The maximum Gasteiger partial charge on any atom is 0.121 e. The molecule has 0 unspecified atom stereocenters. The van der Waals surface area contributed by atoms with Crippen molar-refractivity contribution in [1.82, 2.24) is 9.55 Å². The largest absolute Gasteiger partial charge is 0.494 e. The van der Waals surface area contributed by atoms with Crippen LogP contribution >= 0.6 is 0 Å². The fraction of sp³-hybridized carbons (Fsp3) is 0.172. The molecular formula is C29H28N4O. The molecule has 5 heteroatoms. The first-order valence-corrected chi connectivity index (χ1v) is 11.7. The number of hydrogen-bond donors (Lipinski definition) is 1. The zero-order chi connectivity index (χ0) is 23.5. The fourth-order valence-corrected chi connectivity index (χ4v) is 4.15. The first kappa shape index (κ1) is 21.7. The Labute approximate surface area is 199 Å². The lowest BCUT2D eigenvalue weighted by atomic mass is 10.1. The SMILES string of the molecule is CCOc1ccc2c(c1)nc1cc(Nc3ccccc3)c(=NC(C)C)cc-1n2-c1ccccc1. The summed E-state index contributed by atoms with van der Waals surface area (Å²) < 4.78 is 8.01. The monoisotopic (exact) mass is 448 g/mol. The second kappa shape index (κ2) is 9.40. The van der Waals surface area contributed by atoms with E-state index in [-0.39, 0.29) is 6.04 Å². The van der Waals surface area contributed by atoms with Gasteiger partial charge in [0, 0.05) is 23.5 Å². The van der Waals surface area contributed by atoms with Gasteiger partial charge in [-0.15, -0.1) is 0 Å². The van der Waals surface area contributed by atoms with Crippen LogP contribution in [-0.2, 0) is 0 Å². The van der Waals surface area contributed by atoms with Crippen molar-refractivity contribution in [2.24, 2.45) is 4.99 Å². The minimum absolute atomic E-state index is 0.154. The van der Waals surface area contributed by atoms with E-state index in [4.69, 9.17) is 14.7 Å². The van der Waals surface area contributed by atoms with Crippen LogP contribution in [0.1, 0.15) is 20.8 Å². The Bertz CT molecular complexity index is 1460. The number of nitrogens with one attached hydrogen (secondary N) is 1. The number of aromatic nitrogens is 2. The molecule has 0 saturated carbocycles. The van der Waals surface area contributed by atoms with E-state index in [1.165, 1.54) is 0 Å². The van der Waals surface area contributed by atoms with Gasteiger partial charge in [0.25, 0.3) is 0 Å². The maximum absolute atomic E-state index is 5.76. The summed E-state index contributed by atoms with van der Waals surface area (Å²) in [5, 5.41) is 4.45. The summed E-state index contributed by atoms with van der Waals surface area (Å²) in [7, 11) is 0. The van der Waals surface area contributed by atoms with Crippen LogP contribution in [0.5, 0.6) is 5.75 Å². The van der Waals surface area contributed by atoms with Crippen LogP contribution in [0.25, 0.3) is 28.1 Å². The number of hydrogen-bond acceptors (Lipinski definition) is 4. The summed E-state index contributed by atoms with van der Waals surface area (Å²) in [6, 6.07) is 31.0. The summed E-state index contributed by atoms with van der Waals surface area (Å²) in [5.74, 6) is 0.815. The van der Waals surface area contributed by atoms with Gasteiger partial charge in [0.15, 0.2) is 0 Å². The highest BCUT2D eigenvalue weighted by Gasteiger charge is 2.17. The van der Waals surface area contributed by atoms with Gasteiger partial charge < -0.3 is 14.6 Å². The topological polar surface area (TPSA) is 51.4 Å². The Morgan fingerprint density at radius 3 is 2.35 bits per heavy atom. The van der Waals surface area contributed by atoms with Crippen LogP contribution in [-0.4, -0.2) is 22.2 Å². The molecule has 5 nitrogen and oxygen atoms in total. The molecule has 2 aliphatic rings. The first-order chi connectivity index (χ1) is 16.6. The van der Waals surface area contributed by atoms with Gasteiger partial charge in [0.1, 0.15) is 5.75 Å². The van der Waals surface area contributed by atoms with Crippen LogP contribution in [0.3, 0.4) is 0 Å². The molecule has 0 amide bonds. The zero-order valence-electron chi connectivity index (χ0n) is 19.7. The van der Waals surface area contributed by atoms with Crippen molar-refractivity contribution in [3.63, 3.8) is 0 Å². The number of fused-ring (bicyclic) bond motifs is 2. The molecule has 0 aromatic heterocycles. The average Bonchev–Trinajstić information content (AvgIpc) is 2.84. The Balaban J connectivity index is 1.83. The summed E-state index contributed by atoms with van der Waals surface area (Å²) in [5.41, 5.74) is 6.79. The minimum atomic E-state index is 0.154. The Morgan fingerprint density at radius 2 is 1.65 bits per heavy atom. The molecule has 1 aliphatic heterocycles. The van der Waals surface area contributed by atoms with Crippen LogP contribution in [0.15, 0.2) is 96.0 Å². The van der Waals surface area contributed by atoms with Crippen molar-refractivity contribution in [3.8, 4) is 22.8 Å². The molecule has 0 bridgehead atoms. The quantitative estimate of drug-likeness (QED) is 0.299. The molecule has 170 valence electrons. The standard InChI is InChI=1S/C29H28N4O/c1-4-34-23-15-16-28-26(17-23)32-27-18-24(31-21-11-7-5-8-12-21)25(30-20(2)3)19-29(27)33(28)22-13-9-6-10-14-22/h5-20,31H,4H2,1-3H3. The van der Waals surface area contributed by atoms with E-state index in [9.17, 15) is 0 Å². The lowest BCUT2D eigenvalue weighted by Crippen LogP contribution is -2.16. The van der Waals surface area contributed by atoms with E-state index >= 15 is 0 Å². The Kier molecular flexibility index (Phi) is 6.00. The van der Waals surface area contributed by atoms with Crippen LogP contribution < -0.4 is 15.4 Å². The normalized spacial score (nSPS) is 11.9. The summed E-state index contributed by atoms with van der Waals surface area (Å²) in [6.07, 6.45) is 0. The van der Waals surface area contributed by atoms with Gasteiger partial charge >= 0.3 is 0 Å². The van der Waals surface area contributed by atoms with E-state index in [1.807, 2.05) is 43.3 Å². The molecule has 0 saturated heterocycles. The highest BCUT2D eigenvalue weighted by Crippen LogP contribution is 2.32. The van der Waals surface area contributed by atoms with Gasteiger partial charge in [-0.1, -0.05) is 36.4 Å². The number of rotatable bonds is 6. The third kappa shape index (κ3) is 4.37.